The van der Waals surface area contributed by atoms with Crippen LogP contribution in [0.5, 0.6) is 0 Å². The largest absolute Gasteiger partial charge is 0.307 e. The number of hydrogen-bond acceptors (Lipinski definition) is 2. The van der Waals surface area contributed by atoms with Crippen molar-refractivity contribution in [2.24, 2.45) is 0 Å². The second kappa shape index (κ2) is 7.03. The standard InChI is InChI=1S/C17H12Cl2FN3O/c18-12-6-5-11(14(19)9-12)10-23-16(7-8-21-23)22-17(24)13-3-1-2-4-15(13)20/h1-9H,10H2,(H,22,24). The summed E-state index contributed by atoms with van der Waals surface area (Å²) in [6.45, 7) is 0.343. The Labute approximate surface area is 147 Å². The topological polar surface area (TPSA) is 46.9 Å². The van der Waals surface area contributed by atoms with Crippen molar-refractivity contribution in [1.82, 2.24) is 9.78 Å². The van der Waals surface area contributed by atoms with Gasteiger partial charge in [-0.3, -0.25) is 4.79 Å². The van der Waals surface area contributed by atoms with Gasteiger partial charge >= 0.3 is 0 Å². The van der Waals surface area contributed by atoms with E-state index in [4.69, 9.17) is 23.2 Å². The van der Waals surface area contributed by atoms with Crippen LogP contribution < -0.4 is 5.32 Å². The van der Waals surface area contributed by atoms with E-state index in [9.17, 15) is 9.18 Å². The predicted octanol–water partition coefficient (Wildman–Crippen LogP) is 4.63. The minimum absolute atomic E-state index is 0.0326. The molecule has 0 aliphatic carbocycles. The minimum Gasteiger partial charge on any atom is -0.307 e. The molecular weight excluding hydrogens is 352 g/mol. The first-order chi connectivity index (χ1) is 11.5. The second-order valence-electron chi connectivity index (χ2n) is 5.04. The molecule has 1 aromatic heterocycles. The van der Waals surface area contributed by atoms with E-state index in [1.54, 1.807) is 41.2 Å². The zero-order chi connectivity index (χ0) is 17.1. The van der Waals surface area contributed by atoms with Crippen molar-refractivity contribution >= 4 is 34.9 Å². The number of halogens is 3. The van der Waals surface area contributed by atoms with Gasteiger partial charge in [-0.2, -0.15) is 5.10 Å². The Kier molecular flexibility index (Phi) is 4.83. The first-order valence-corrected chi connectivity index (χ1v) is 7.82. The Hall–Kier alpha value is -2.37. The van der Waals surface area contributed by atoms with Gasteiger partial charge in [0.1, 0.15) is 11.6 Å². The highest BCUT2D eigenvalue weighted by atomic mass is 35.5. The third-order valence-electron chi connectivity index (χ3n) is 3.41. The number of rotatable bonds is 4. The number of carbonyl (C=O) groups is 1. The third kappa shape index (κ3) is 3.58. The van der Waals surface area contributed by atoms with Crippen LogP contribution in [0.4, 0.5) is 10.2 Å². The maximum atomic E-state index is 13.7. The first kappa shape index (κ1) is 16.5. The summed E-state index contributed by atoms with van der Waals surface area (Å²) in [5.74, 6) is -0.687. The van der Waals surface area contributed by atoms with E-state index < -0.39 is 11.7 Å². The van der Waals surface area contributed by atoms with E-state index in [1.165, 1.54) is 18.2 Å². The predicted molar refractivity (Wildman–Crippen MR) is 92.1 cm³/mol. The molecule has 3 aromatic rings. The Bertz CT molecular complexity index is 895. The number of carbonyl (C=O) groups excluding carboxylic acids is 1. The van der Waals surface area contributed by atoms with Gasteiger partial charge in [0, 0.05) is 16.1 Å². The van der Waals surface area contributed by atoms with Gasteiger partial charge in [-0.1, -0.05) is 41.4 Å². The average molecular weight is 364 g/mol. The normalized spacial score (nSPS) is 10.6. The maximum Gasteiger partial charge on any atom is 0.259 e. The zero-order valence-electron chi connectivity index (χ0n) is 12.3. The molecule has 1 N–H and O–H groups in total. The van der Waals surface area contributed by atoms with E-state index in [2.05, 4.69) is 10.4 Å². The summed E-state index contributed by atoms with van der Waals surface area (Å²) < 4.78 is 15.3. The molecule has 122 valence electrons. The summed E-state index contributed by atoms with van der Waals surface area (Å²) in [6.07, 6.45) is 1.54. The molecule has 0 aliphatic rings. The van der Waals surface area contributed by atoms with Crippen LogP contribution in [0.15, 0.2) is 54.7 Å². The number of benzene rings is 2. The van der Waals surface area contributed by atoms with Crippen LogP contribution >= 0.6 is 23.2 Å². The third-order valence-corrected chi connectivity index (χ3v) is 4.00. The number of nitrogens with one attached hydrogen (secondary N) is 1. The fourth-order valence-corrected chi connectivity index (χ4v) is 2.67. The lowest BCUT2D eigenvalue weighted by Gasteiger charge is -2.11. The van der Waals surface area contributed by atoms with Crippen LogP contribution in [-0.4, -0.2) is 15.7 Å². The molecule has 24 heavy (non-hydrogen) atoms. The van der Waals surface area contributed by atoms with Gasteiger partial charge in [0.05, 0.1) is 18.3 Å². The average Bonchev–Trinajstić information content (AvgIpc) is 2.97. The van der Waals surface area contributed by atoms with Crippen LogP contribution in [0.3, 0.4) is 0 Å². The monoisotopic (exact) mass is 363 g/mol. The zero-order valence-corrected chi connectivity index (χ0v) is 13.9. The first-order valence-electron chi connectivity index (χ1n) is 7.06. The molecule has 2 aromatic carbocycles. The molecule has 0 aliphatic heterocycles. The van der Waals surface area contributed by atoms with E-state index in [0.29, 0.717) is 22.4 Å². The van der Waals surface area contributed by atoms with Crippen molar-refractivity contribution in [3.63, 3.8) is 0 Å². The van der Waals surface area contributed by atoms with Crippen LogP contribution in [0.1, 0.15) is 15.9 Å². The summed E-state index contributed by atoms with van der Waals surface area (Å²) in [7, 11) is 0. The summed E-state index contributed by atoms with van der Waals surface area (Å²) in [5, 5.41) is 7.86. The van der Waals surface area contributed by atoms with Gasteiger partial charge in [0.2, 0.25) is 0 Å². The highest BCUT2D eigenvalue weighted by Gasteiger charge is 2.14. The van der Waals surface area contributed by atoms with Crippen LogP contribution in [0.2, 0.25) is 10.0 Å². The van der Waals surface area contributed by atoms with Crippen molar-refractivity contribution in [2.45, 2.75) is 6.54 Å². The Morgan fingerprint density at radius 2 is 1.96 bits per heavy atom. The van der Waals surface area contributed by atoms with Gasteiger partial charge in [-0.15, -0.1) is 0 Å². The van der Waals surface area contributed by atoms with Gasteiger partial charge < -0.3 is 5.32 Å². The molecule has 4 nitrogen and oxygen atoms in total. The van der Waals surface area contributed by atoms with Gasteiger partial charge in [-0.25, -0.2) is 9.07 Å². The fourth-order valence-electron chi connectivity index (χ4n) is 2.21. The molecule has 1 heterocycles. The van der Waals surface area contributed by atoms with E-state index in [0.717, 1.165) is 5.56 Å². The number of aromatic nitrogens is 2. The molecule has 0 bridgehead atoms. The highest BCUT2D eigenvalue weighted by molar-refractivity contribution is 6.35. The smallest absolute Gasteiger partial charge is 0.259 e. The maximum absolute atomic E-state index is 13.7. The van der Waals surface area contributed by atoms with E-state index >= 15 is 0 Å². The molecule has 3 rings (SSSR count). The SMILES string of the molecule is O=C(Nc1ccnn1Cc1ccc(Cl)cc1Cl)c1ccccc1F. The second-order valence-corrected chi connectivity index (χ2v) is 5.89. The molecule has 0 atom stereocenters. The van der Waals surface area contributed by atoms with Crippen molar-refractivity contribution < 1.29 is 9.18 Å². The highest BCUT2D eigenvalue weighted by Crippen LogP contribution is 2.23. The lowest BCUT2D eigenvalue weighted by molar-refractivity contribution is 0.102. The Balaban J connectivity index is 1.81. The van der Waals surface area contributed by atoms with Crippen LogP contribution in [-0.2, 0) is 6.54 Å². The van der Waals surface area contributed by atoms with Gasteiger partial charge in [-0.05, 0) is 29.8 Å². The molecule has 0 unspecified atom stereocenters. The fraction of sp³-hybridized carbons (Fsp3) is 0.0588. The van der Waals surface area contributed by atoms with E-state index in [1.807, 2.05) is 0 Å². The molecule has 0 radical (unpaired) electrons. The number of hydrogen-bond donors (Lipinski definition) is 1. The number of anilines is 1. The molecule has 0 spiro atoms. The summed E-state index contributed by atoms with van der Waals surface area (Å²) in [5.41, 5.74) is 0.765. The lowest BCUT2D eigenvalue weighted by atomic mass is 10.2. The molecule has 0 saturated carbocycles. The van der Waals surface area contributed by atoms with Gasteiger partial charge in [0.25, 0.3) is 5.91 Å². The number of amides is 1. The molecule has 0 fully saturated rings. The lowest BCUT2D eigenvalue weighted by Crippen LogP contribution is -2.17. The Morgan fingerprint density at radius 1 is 1.17 bits per heavy atom. The Morgan fingerprint density at radius 3 is 2.71 bits per heavy atom. The minimum atomic E-state index is -0.582. The van der Waals surface area contributed by atoms with E-state index in [-0.39, 0.29) is 5.56 Å². The molecule has 7 heteroatoms. The van der Waals surface area contributed by atoms with Crippen LogP contribution in [0, 0.1) is 5.82 Å². The molecule has 1 amide bonds. The van der Waals surface area contributed by atoms with Gasteiger partial charge in [0.15, 0.2) is 0 Å². The number of nitrogens with zero attached hydrogens (tertiary/aromatic N) is 2. The van der Waals surface area contributed by atoms with Crippen molar-refractivity contribution in [1.29, 1.82) is 0 Å². The summed E-state index contributed by atoms with van der Waals surface area (Å²) >= 11 is 12.0. The van der Waals surface area contributed by atoms with Crippen molar-refractivity contribution in [3.8, 4) is 0 Å². The quantitative estimate of drug-likeness (QED) is 0.734. The molecular formula is C17H12Cl2FN3O. The molecule has 0 saturated heterocycles. The van der Waals surface area contributed by atoms with Crippen molar-refractivity contribution in [2.75, 3.05) is 5.32 Å². The van der Waals surface area contributed by atoms with Crippen molar-refractivity contribution in [3.05, 3.63) is 81.7 Å². The van der Waals surface area contributed by atoms with Crippen LogP contribution in [0.25, 0.3) is 0 Å². The summed E-state index contributed by atoms with van der Waals surface area (Å²) in [4.78, 5) is 12.2. The summed E-state index contributed by atoms with van der Waals surface area (Å²) in [6, 6.07) is 12.6.